The van der Waals surface area contributed by atoms with Crippen molar-refractivity contribution in [3.05, 3.63) is 50.8 Å². The van der Waals surface area contributed by atoms with Crippen molar-refractivity contribution < 1.29 is 20.4 Å². The van der Waals surface area contributed by atoms with E-state index in [0.29, 0.717) is 35.9 Å². The van der Waals surface area contributed by atoms with Crippen LogP contribution in [-0.2, 0) is 0 Å². The molecular formula is C29H34N2O4S16. The van der Waals surface area contributed by atoms with Gasteiger partial charge in [-0.25, -0.2) is 0 Å². The summed E-state index contributed by atoms with van der Waals surface area (Å²) in [6.45, 7) is 0.540. The first-order chi connectivity index (χ1) is 25.0. The molecule has 6 nitrogen and oxygen atoms in total. The third-order valence-electron chi connectivity index (χ3n) is 5.43. The zero-order chi connectivity index (χ0) is 36.3. The lowest BCUT2D eigenvalue weighted by Gasteiger charge is -2.06. The van der Waals surface area contributed by atoms with Gasteiger partial charge in [-0.15, -0.1) is 94.1 Å². The summed E-state index contributed by atoms with van der Waals surface area (Å²) in [5.74, 6) is 6.16. The molecule has 0 fully saturated rings. The minimum atomic E-state index is 0.135. The van der Waals surface area contributed by atoms with Crippen LogP contribution in [0.15, 0.2) is 50.8 Å². The molecule has 0 radical (unpaired) electrons. The molecule has 0 aromatic carbocycles. The number of thioether (sulfide) groups is 16. The number of aliphatic hydroxyl groups is 4. The second-order valence-electron chi connectivity index (χ2n) is 9.12. The first kappa shape index (κ1) is 46.5. The molecule has 0 spiro atoms. The smallest absolute Gasteiger partial charge is 0.0717 e. The Morgan fingerprint density at radius 2 is 0.569 bits per heavy atom. The standard InChI is InChI=1S/C29H34N2O4S16/c30-4-1-10-36-18-20(46-26(44-18)28-48-22(40-14-6-32)23(49-28)41-15-7-33)38-12-3-13-39-21-19(37-11-2-5-31)45-27(47-21)29-50-24(42-16-8-34)25(51-29)43-17-9-35/h32-35H,1-3,6-17H2. The zero-order valence-corrected chi connectivity index (χ0v) is 39.9. The normalized spacial score (nSPS) is 18.1. The van der Waals surface area contributed by atoms with E-state index >= 15 is 0 Å². The van der Waals surface area contributed by atoms with Crippen LogP contribution in [0.2, 0.25) is 0 Å². The van der Waals surface area contributed by atoms with Gasteiger partial charge in [0.05, 0.1) is 89.4 Å². The van der Waals surface area contributed by atoms with E-state index in [1.165, 1.54) is 50.8 Å². The van der Waals surface area contributed by atoms with E-state index in [1.54, 1.807) is 118 Å². The highest BCUT2D eigenvalue weighted by atomic mass is 32.3. The molecule has 280 valence electrons. The van der Waals surface area contributed by atoms with E-state index in [1.807, 2.05) is 70.6 Å². The maximum Gasteiger partial charge on any atom is 0.0717 e. The molecule has 4 heterocycles. The monoisotopic (exact) mass is 986 g/mol. The van der Waals surface area contributed by atoms with Crippen molar-refractivity contribution in [2.75, 3.05) is 72.5 Å². The van der Waals surface area contributed by atoms with Crippen molar-refractivity contribution in [2.24, 2.45) is 0 Å². The quantitative estimate of drug-likeness (QED) is 0.0684. The summed E-state index contributed by atoms with van der Waals surface area (Å²) in [7, 11) is 0. The highest BCUT2D eigenvalue weighted by Gasteiger charge is 2.32. The van der Waals surface area contributed by atoms with Crippen molar-refractivity contribution in [3.63, 3.8) is 0 Å². The number of hydrogen-bond donors (Lipinski definition) is 4. The number of rotatable bonds is 24. The molecule has 0 aliphatic carbocycles. The highest BCUT2D eigenvalue weighted by Crippen LogP contribution is 2.67. The molecular weight excluding hydrogens is 953 g/mol. The summed E-state index contributed by atoms with van der Waals surface area (Å²) >= 11 is 28.5. The lowest BCUT2D eigenvalue weighted by molar-refractivity contribution is 0.322. The van der Waals surface area contributed by atoms with E-state index in [2.05, 4.69) is 12.1 Å². The maximum atomic E-state index is 9.40. The second kappa shape index (κ2) is 27.5. The molecule has 0 aromatic rings. The molecule has 0 amide bonds. The van der Waals surface area contributed by atoms with Crippen LogP contribution >= 0.6 is 188 Å². The van der Waals surface area contributed by atoms with Crippen LogP contribution < -0.4 is 0 Å². The summed E-state index contributed by atoms with van der Waals surface area (Å²) in [5, 5.41) is 55.9. The molecule has 0 atom stereocenters. The number of nitrogens with zero attached hydrogens (tertiary/aromatic N) is 2. The fraction of sp³-hybridized carbons (Fsp3) is 0.517. The van der Waals surface area contributed by atoms with Gasteiger partial charge in [0.25, 0.3) is 0 Å². The summed E-state index contributed by atoms with van der Waals surface area (Å²) < 4.78 is 15.1. The molecule has 0 unspecified atom stereocenters. The van der Waals surface area contributed by atoms with Crippen molar-refractivity contribution >= 4 is 188 Å². The predicted octanol–water partition coefficient (Wildman–Crippen LogP) is 11.7. The third-order valence-corrected chi connectivity index (χ3v) is 28.7. The van der Waals surface area contributed by atoms with Crippen molar-refractivity contribution in [1.29, 1.82) is 10.5 Å². The minimum Gasteiger partial charge on any atom is -0.396 e. The molecule has 51 heavy (non-hydrogen) atoms. The van der Waals surface area contributed by atoms with Gasteiger partial charge in [0.1, 0.15) is 0 Å². The summed E-state index contributed by atoms with van der Waals surface area (Å²) in [6, 6.07) is 4.55. The van der Waals surface area contributed by atoms with Gasteiger partial charge >= 0.3 is 0 Å². The van der Waals surface area contributed by atoms with E-state index in [9.17, 15) is 20.4 Å². The summed E-state index contributed by atoms with van der Waals surface area (Å²) in [6.07, 6.45) is 2.09. The molecule has 4 N–H and O–H groups in total. The van der Waals surface area contributed by atoms with Crippen molar-refractivity contribution in [3.8, 4) is 12.1 Å². The Hall–Kier alpha value is 2.86. The molecule has 0 aromatic heterocycles. The van der Waals surface area contributed by atoms with Gasteiger partial charge in [-0.3, -0.25) is 0 Å². The largest absolute Gasteiger partial charge is 0.396 e. The molecule has 0 saturated carbocycles. The molecule has 4 aliphatic heterocycles. The van der Waals surface area contributed by atoms with Crippen molar-refractivity contribution in [2.45, 2.75) is 19.3 Å². The SMILES string of the molecule is N#CCCSC1=C(SCCCSC2=C(SCCC#N)SC(=C3SC(SCCO)=C(SCCO)S3)S2)SC(=C2SC(SCCO)=C(SCCO)S2)S1. The van der Waals surface area contributed by atoms with Gasteiger partial charge in [0.15, 0.2) is 0 Å². The Labute approximate surface area is 369 Å². The van der Waals surface area contributed by atoms with E-state index in [4.69, 9.17) is 10.5 Å². The highest BCUT2D eigenvalue weighted by molar-refractivity contribution is 8.46. The molecule has 0 saturated heterocycles. The van der Waals surface area contributed by atoms with Crippen LogP contribution in [0.5, 0.6) is 0 Å². The van der Waals surface area contributed by atoms with Crippen LogP contribution in [0.3, 0.4) is 0 Å². The number of hydrogen-bond acceptors (Lipinski definition) is 22. The number of nitriles is 2. The van der Waals surface area contributed by atoms with Gasteiger partial charge in [0.2, 0.25) is 0 Å². The van der Waals surface area contributed by atoms with Gasteiger partial charge in [0, 0.05) is 47.4 Å². The Kier molecular flexibility index (Phi) is 25.1. The molecule has 4 aliphatic rings. The minimum absolute atomic E-state index is 0.135. The van der Waals surface area contributed by atoms with Crippen LogP contribution in [0, 0.1) is 22.7 Å². The summed E-state index contributed by atoms with van der Waals surface area (Å²) in [5.41, 5.74) is 0. The Morgan fingerprint density at radius 3 is 0.784 bits per heavy atom. The van der Waals surface area contributed by atoms with Gasteiger partial charge < -0.3 is 20.4 Å². The van der Waals surface area contributed by atoms with Crippen LogP contribution in [0.25, 0.3) is 0 Å². The first-order valence-corrected chi connectivity index (χ1v) is 29.5. The maximum absolute atomic E-state index is 9.40. The van der Waals surface area contributed by atoms with E-state index in [-0.39, 0.29) is 26.4 Å². The molecule has 4 rings (SSSR count). The van der Waals surface area contributed by atoms with Gasteiger partial charge in [-0.05, 0) is 17.9 Å². The van der Waals surface area contributed by atoms with Crippen LogP contribution in [0.4, 0.5) is 0 Å². The average molecular weight is 988 g/mol. The molecule has 0 bridgehead atoms. The Balaban J connectivity index is 1.35. The predicted molar refractivity (Wildman–Crippen MR) is 256 cm³/mol. The summed E-state index contributed by atoms with van der Waals surface area (Å²) in [4.78, 5) is 0. The third kappa shape index (κ3) is 15.9. The Morgan fingerprint density at radius 1 is 0.353 bits per heavy atom. The van der Waals surface area contributed by atoms with Crippen LogP contribution in [-0.4, -0.2) is 92.9 Å². The lowest BCUT2D eigenvalue weighted by Crippen LogP contribution is -1.87. The fourth-order valence-corrected chi connectivity index (χ4v) is 26.7. The zero-order valence-electron chi connectivity index (χ0n) is 26.8. The number of aliphatic hydroxyl groups excluding tert-OH is 4. The fourth-order valence-electron chi connectivity index (χ4n) is 3.45. The first-order valence-electron chi connectivity index (χ1n) is 15.1. The van der Waals surface area contributed by atoms with E-state index in [0.717, 1.165) is 29.4 Å². The van der Waals surface area contributed by atoms with E-state index < -0.39 is 0 Å². The van der Waals surface area contributed by atoms with Crippen molar-refractivity contribution in [1.82, 2.24) is 0 Å². The van der Waals surface area contributed by atoms with Crippen LogP contribution in [0.1, 0.15) is 19.3 Å². The topological polar surface area (TPSA) is 128 Å². The second-order valence-corrected chi connectivity index (χ2v) is 29.2. The Bertz CT molecular complexity index is 1330. The lowest BCUT2D eigenvalue weighted by atomic mass is 10.6. The van der Waals surface area contributed by atoms with Gasteiger partial charge in [-0.1, -0.05) is 94.1 Å². The van der Waals surface area contributed by atoms with Gasteiger partial charge in [-0.2, -0.15) is 10.5 Å². The molecule has 22 heteroatoms. The average Bonchev–Trinajstić information content (AvgIpc) is 3.93.